The summed E-state index contributed by atoms with van der Waals surface area (Å²) in [4.78, 5) is 10.8. The summed E-state index contributed by atoms with van der Waals surface area (Å²) in [6.07, 6.45) is 3.09. The van der Waals surface area contributed by atoms with Crippen molar-refractivity contribution in [3.8, 4) is 5.75 Å². The smallest absolute Gasteiger partial charge is 0.330 e. The van der Waals surface area contributed by atoms with E-state index in [-0.39, 0.29) is 5.97 Å². The normalized spacial score (nSPS) is 10.1. The molecule has 1 aromatic carbocycles. The zero-order valence-electron chi connectivity index (χ0n) is 9.40. The van der Waals surface area contributed by atoms with Gasteiger partial charge in [-0.25, -0.2) is 4.79 Å². The van der Waals surface area contributed by atoms with Gasteiger partial charge < -0.3 is 14.8 Å². The van der Waals surface area contributed by atoms with Gasteiger partial charge in [-0.1, -0.05) is 6.08 Å². The van der Waals surface area contributed by atoms with Crippen molar-refractivity contribution in [2.45, 2.75) is 0 Å². The lowest BCUT2D eigenvalue weighted by Crippen LogP contribution is -2.00. The van der Waals surface area contributed by atoms with Crippen molar-refractivity contribution in [1.82, 2.24) is 0 Å². The third-order valence-electron chi connectivity index (χ3n) is 1.97. The molecule has 0 heterocycles. The first-order chi connectivity index (χ1) is 7.76. The molecule has 0 radical (unpaired) electrons. The van der Waals surface area contributed by atoms with Gasteiger partial charge >= 0.3 is 5.97 Å². The number of anilines is 1. The first-order valence-corrected chi connectivity index (χ1v) is 4.88. The van der Waals surface area contributed by atoms with Gasteiger partial charge in [0.2, 0.25) is 0 Å². The number of hydrogen-bond donors (Lipinski definition) is 1. The Morgan fingerprint density at radius 2 is 2.00 bits per heavy atom. The molecule has 0 saturated heterocycles. The number of ether oxygens (including phenoxy) is 2. The van der Waals surface area contributed by atoms with Gasteiger partial charge in [0, 0.05) is 18.3 Å². The predicted molar refractivity (Wildman–Crippen MR) is 62.6 cm³/mol. The van der Waals surface area contributed by atoms with Crippen molar-refractivity contribution in [3.05, 3.63) is 36.4 Å². The number of carbonyl (C=O) groups excluding carboxylic acids is 1. The summed E-state index contributed by atoms with van der Waals surface area (Å²) in [5, 5.41) is 3.13. The number of nitrogens with one attached hydrogen (secondary N) is 1. The van der Waals surface area contributed by atoms with Crippen molar-refractivity contribution in [2.24, 2.45) is 0 Å². The second-order valence-electron chi connectivity index (χ2n) is 3.03. The standard InChI is InChI=1S/C12H15NO3/c1-15-11-7-5-10(6-8-11)13-9-3-4-12(14)16-2/h3-8,13H,9H2,1-2H3/b4-3+. The van der Waals surface area contributed by atoms with E-state index in [9.17, 15) is 4.79 Å². The summed E-state index contributed by atoms with van der Waals surface area (Å²) in [7, 11) is 2.98. The van der Waals surface area contributed by atoms with Crippen molar-refractivity contribution < 1.29 is 14.3 Å². The Hall–Kier alpha value is -1.97. The van der Waals surface area contributed by atoms with Crippen LogP contribution in [0.4, 0.5) is 5.69 Å². The molecule has 0 aromatic heterocycles. The summed E-state index contributed by atoms with van der Waals surface area (Å²) in [6, 6.07) is 7.55. The average molecular weight is 221 g/mol. The van der Waals surface area contributed by atoms with Gasteiger partial charge in [-0.3, -0.25) is 0 Å². The van der Waals surface area contributed by atoms with E-state index in [1.807, 2.05) is 24.3 Å². The molecule has 0 saturated carbocycles. The zero-order chi connectivity index (χ0) is 11.8. The van der Waals surface area contributed by atoms with E-state index in [1.165, 1.54) is 13.2 Å². The molecule has 4 heteroatoms. The molecule has 0 aliphatic rings. The third kappa shape index (κ3) is 4.04. The Bertz CT molecular complexity index is 357. The Morgan fingerprint density at radius 1 is 1.31 bits per heavy atom. The number of hydrogen-bond acceptors (Lipinski definition) is 4. The van der Waals surface area contributed by atoms with Crippen LogP contribution in [0.1, 0.15) is 0 Å². The highest BCUT2D eigenvalue weighted by Gasteiger charge is 1.92. The molecule has 0 atom stereocenters. The summed E-state index contributed by atoms with van der Waals surface area (Å²) in [6.45, 7) is 0.571. The Balaban J connectivity index is 2.37. The fraction of sp³-hybridized carbons (Fsp3) is 0.250. The van der Waals surface area contributed by atoms with Gasteiger partial charge in [0.05, 0.1) is 14.2 Å². The molecule has 0 aliphatic heterocycles. The molecule has 0 spiro atoms. The highest BCUT2D eigenvalue weighted by Crippen LogP contribution is 2.14. The van der Waals surface area contributed by atoms with E-state index in [0.717, 1.165) is 11.4 Å². The SMILES string of the molecule is COC(=O)/C=C/CNc1ccc(OC)cc1. The maximum Gasteiger partial charge on any atom is 0.330 e. The molecule has 16 heavy (non-hydrogen) atoms. The van der Waals surface area contributed by atoms with E-state index in [4.69, 9.17) is 4.74 Å². The molecule has 86 valence electrons. The molecule has 0 bridgehead atoms. The fourth-order valence-electron chi connectivity index (χ4n) is 1.11. The minimum absolute atomic E-state index is 0.350. The van der Waals surface area contributed by atoms with Crippen LogP contribution in [-0.4, -0.2) is 26.7 Å². The lowest BCUT2D eigenvalue weighted by Gasteiger charge is -2.04. The maximum atomic E-state index is 10.8. The van der Waals surface area contributed by atoms with Gasteiger partial charge in [-0.05, 0) is 24.3 Å². The molecule has 1 aromatic rings. The summed E-state index contributed by atoms with van der Waals surface area (Å²) in [5.41, 5.74) is 0.968. The van der Waals surface area contributed by atoms with Crippen molar-refractivity contribution in [2.75, 3.05) is 26.1 Å². The third-order valence-corrected chi connectivity index (χ3v) is 1.97. The van der Waals surface area contributed by atoms with E-state index >= 15 is 0 Å². The summed E-state index contributed by atoms with van der Waals surface area (Å²) < 4.78 is 9.50. The number of benzene rings is 1. The number of carbonyl (C=O) groups is 1. The summed E-state index contributed by atoms with van der Waals surface area (Å²) >= 11 is 0. The molecular formula is C12H15NO3. The fourth-order valence-corrected chi connectivity index (χ4v) is 1.11. The lowest BCUT2D eigenvalue weighted by atomic mass is 10.3. The van der Waals surface area contributed by atoms with Gasteiger partial charge in [0.1, 0.15) is 5.75 Å². The first-order valence-electron chi connectivity index (χ1n) is 4.88. The molecule has 4 nitrogen and oxygen atoms in total. The van der Waals surface area contributed by atoms with E-state index < -0.39 is 0 Å². The Labute approximate surface area is 94.9 Å². The zero-order valence-corrected chi connectivity index (χ0v) is 9.40. The van der Waals surface area contributed by atoms with Gasteiger partial charge in [0.15, 0.2) is 0 Å². The summed E-state index contributed by atoms with van der Waals surface area (Å²) in [5.74, 6) is 0.465. The molecule has 1 rings (SSSR count). The topological polar surface area (TPSA) is 47.6 Å². The van der Waals surface area contributed by atoms with Crippen molar-refractivity contribution in [1.29, 1.82) is 0 Å². The highest BCUT2D eigenvalue weighted by molar-refractivity contribution is 5.81. The Morgan fingerprint density at radius 3 is 2.56 bits per heavy atom. The first kappa shape index (κ1) is 12.1. The minimum Gasteiger partial charge on any atom is -0.497 e. The number of esters is 1. The van der Waals surface area contributed by atoms with Crippen LogP contribution in [0.15, 0.2) is 36.4 Å². The van der Waals surface area contributed by atoms with Crippen LogP contribution in [-0.2, 0) is 9.53 Å². The lowest BCUT2D eigenvalue weighted by molar-refractivity contribution is -0.134. The van der Waals surface area contributed by atoms with Crippen molar-refractivity contribution >= 4 is 11.7 Å². The van der Waals surface area contributed by atoms with Gasteiger partial charge in [0.25, 0.3) is 0 Å². The van der Waals surface area contributed by atoms with Crippen LogP contribution in [0.5, 0.6) is 5.75 Å². The van der Waals surface area contributed by atoms with E-state index in [0.29, 0.717) is 6.54 Å². The average Bonchev–Trinajstić information content (AvgIpc) is 2.35. The Kier molecular flexibility index (Phi) is 4.92. The number of rotatable bonds is 5. The second kappa shape index (κ2) is 6.50. The van der Waals surface area contributed by atoms with Crippen molar-refractivity contribution in [3.63, 3.8) is 0 Å². The van der Waals surface area contributed by atoms with Crippen LogP contribution in [0.25, 0.3) is 0 Å². The van der Waals surface area contributed by atoms with Crippen LogP contribution < -0.4 is 10.1 Å². The van der Waals surface area contributed by atoms with Crippen LogP contribution in [0.3, 0.4) is 0 Å². The van der Waals surface area contributed by atoms with Crippen LogP contribution in [0.2, 0.25) is 0 Å². The molecule has 0 amide bonds. The molecule has 0 fully saturated rings. The predicted octanol–water partition coefficient (Wildman–Crippen LogP) is 1.84. The van der Waals surface area contributed by atoms with Crippen LogP contribution in [0, 0.1) is 0 Å². The maximum absolute atomic E-state index is 10.8. The quantitative estimate of drug-likeness (QED) is 0.608. The van der Waals surface area contributed by atoms with Gasteiger partial charge in [-0.2, -0.15) is 0 Å². The van der Waals surface area contributed by atoms with Gasteiger partial charge in [-0.15, -0.1) is 0 Å². The largest absolute Gasteiger partial charge is 0.497 e. The molecule has 0 unspecified atom stereocenters. The second-order valence-corrected chi connectivity index (χ2v) is 3.03. The number of methoxy groups -OCH3 is 2. The monoisotopic (exact) mass is 221 g/mol. The van der Waals surface area contributed by atoms with E-state index in [2.05, 4.69) is 10.1 Å². The molecule has 0 aliphatic carbocycles. The molecule has 1 N–H and O–H groups in total. The molecular weight excluding hydrogens is 206 g/mol. The highest BCUT2D eigenvalue weighted by atomic mass is 16.5. The minimum atomic E-state index is -0.350. The van der Waals surface area contributed by atoms with Crippen LogP contribution >= 0.6 is 0 Å². The van der Waals surface area contributed by atoms with E-state index in [1.54, 1.807) is 13.2 Å².